The number of amides is 1. The molecule has 0 saturated carbocycles. The molecule has 150 valence electrons. The summed E-state index contributed by atoms with van der Waals surface area (Å²) in [6.45, 7) is 5.76. The average molecular weight is 391 g/mol. The van der Waals surface area contributed by atoms with E-state index in [-0.39, 0.29) is 11.9 Å². The van der Waals surface area contributed by atoms with Gasteiger partial charge in [0.25, 0.3) is 0 Å². The minimum atomic E-state index is 0.0655. The van der Waals surface area contributed by atoms with Crippen LogP contribution in [0.25, 0.3) is 11.5 Å². The SMILES string of the molecule is CC(=O)N1CCc2c(nc(-c3ccccn3)nc2N[C@H](C)CCn2cccn2)C1. The Labute approximate surface area is 170 Å². The summed E-state index contributed by atoms with van der Waals surface area (Å²) in [4.78, 5) is 27.6. The monoisotopic (exact) mass is 391 g/mol. The zero-order chi connectivity index (χ0) is 20.2. The van der Waals surface area contributed by atoms with Gasteiger partial charge in [0.05, 0.1) is 12.2 Å². The standard InChI is InChI=1S/C21H25N7O/c1-15(7-13-28-11-5-10-23-28)24-20-17-8-12-27(16(2)29)14-19(17)25-21(26-20)18-6-3-4-9-22-18/h3-6,9-11,15H,7-8,12-14H2,1-2H3,(H,24,25,26)/t15-/m1/s1. The maximum Gasteiger partial charge on any atom is 0.219 e. The molecule has 1 atom stereocenters. The fourth-order valence-corrected chi connectivity index (χ4v) is 3.49. The van der Waals surface area contributed by atoms with E-state index in [1.54, 1.807) is 19.3 Å². The molecular weight excluding hydrogens is 366 g/mol. The smallest absolute Gasteiger partial charge is 0.219 e. The molecule has 1 aliphatic rings. The maximum absolute atomic E-state index is 11.9. The van der Waals surface area contributed by atoms with E-state index >= 15 is 0 Å². The second kappa shape index (κ2) is 8.38. The molecular formula is C21H25N7O. The second-order valence-corrected chi connectivity index (χ2v) is 7.33. The number of carbonyl (C=O) groups excluding carboxylic acids is 1. The zero-order valence-electron chi connectivity index (χ0n) is 16.7. The Balaban J connectivity index is 1.61. The molecule has 0 bridgehead atoms. The number of aryl methyl sites for hydroxylation is 1. The molecule has 29 heavy (non-hydrogen) atoms. The van der Waals surface area contributed by atoms with Crippen LogP contribution in [0, 0.1) is 0 Å². The second-order valence-electron chi connectivity index (χ2n) is 7.33. The molecule has 4 heterocycles. The third-order valence-electron chi connectivity index (χ3n) is 5.14. The van der Waals surface area contributed by atoms with Crippen LogP contribution >= 0.6 is 0 Å². The van der Waals surface area contributed by atoms with Gasteiger partial charge in [0.2, 0.25) is 5.91 Å². The van der Waals surface area contributed by atoms with Crippen molar-refractivity contribution in [2.45, 2.75) is 45.8 Å². The van der Waals surface area contributed by atoms with Crippen LogP contribution in [0.5, 0.6) is 0 Å². The first kappa shape index (κ1) is 19.0. The van der Waals surface area contributed by atoms with E-state index in [0.29, 0.717) is 18.9 Å². The fourth-order valence-electron chi connectivity index (χ4n) is 3.49. The number of anilines is 1. The molecule has 3 aromatic rings. The van der Waals surface area contributed by atoms with Crippen molar-refractivity contribution >= 4 is 11.7 Å². The van der Waals surface area contributed by atoms with E-state index in [0.717, 1.165) is 42.2 Å². The van der Waals surface area contributed by atoms with Crippen molar-refractivity contribution in [3.8, 4) is 11.5 Å². The van der Waals surface area contributed by atoms with Crippen LogP contribution in [0.4, 0.5) is 5.82 Å². The summed E-state index contributed by atoms with van der Waals surface area (Å²) in [5.74, 6) is 1.49. The zero-order valence-corrected chi connectivity index (χ0v) is 16.7. The van der Waals surface area contributed by atoms with Crippen molar-refractivity contribution in [3.63, 3.8) is 0 Å². The molecule has 0 unspecified atom stereocenters. The van der Waals surface area contributed by atoms with Gasteiger partial charge in [-0.25, -0.2) is 9.97 Å². The van der Waals surface area contributed by atoms with Gasteiger partial charge in [-0.3, -0.25) is 14.5 Å². The molecule has 8 nitrogen and oxygen atoms in total. The van der Waals surface area contributed by atoms with Crippen LogP contribution in [0.1, 0.15) is 31.5 Å². The Bertz CT molecular complexity index is 972. The first-order chi connectivity index (χ1) is 14.1. The van der Waals surface area contributed by atoms with Gasteiger partial charge in [-0.2, -0.15) is 5.10 Å². The van der Waals surface area contributed by atoms with Gasteiger partial charge in [-0.15, -0.1) is 0 Å². The Morgan fingerprint density at radius 3 is 2.86 bits per heavy atom. The molecule has 0 radical (unpaired) electrons. The number of nitrogens with one attached hydrogen (secondary N) is 1. The van der Waals surface area contributed by atoms with E-state index in [2.05, 4.69) is 22.3 Å². The quantitative estimate of drug-likeness (QED) is 0.695. The van der Waals surface area contributed by atoms with E-state index in [4.69, 9.17) is 9.97 Å². The molecule has 1 aliphatic heterocycles. The van der Waals surface area contributed by atoms with Gasteiger partial charge in [-0.1, -0.05) is 6.07 Å². The molecule has 0 aromatic carbocycles. The molecule has 1 N–H and O–H groups in total. The third kappa shape index (κ3) is 4.42. The predicted molar refractivity (Wildman–Crippen MR) is 110 cm³/mol. The number of nitrogens with zero attached hydrogens (tertiary/aromatic N) is 6. The lowest BCUT2D eigenvalue weighted by Gasteiger charge is -2.29. The normalized spacial score (nSPS) is 14.3. The molecule has 8 heteroatoms. The van der Waals surface area contributed by atoms with Crippen molar-refractivity contribution in [1.82, 2.24) is 29.6 Å². The lowest BCUT2D eigenvalue weighted by Crippen LogP contribution is -2.36. The summed E-state index contributed by atoms with van der Waals surface area (Å²) in [5.41, 5.74) is 2.71. The summed E-state index contributed by atoms with van der Waals surface area (Å²) in [7, 11) is 0. The van der Waals surface area contributed by atoms with Crippen molar-refractivity contribution in [2.24, 2.45) is 0 Å². The summed E-state index contributed by atoms with van der Waals surface area (Å²) >= 11 is 0. The Morgan fingerprint density at radius 2 is 2.14 bits per heavy atom. The number of fused-ring (bicyclic) bond motifs is 1. The third-order valence-corrected chi connectivity index (χ3v) is 5.14. The lowest BCUT2D eigenvalue weighted by molar-refractivity contribution is -0.129. The minimum Gasteiger partial charge on any atom is -0.367 e. The van der Waals surface area contributed by atoms with Crippen LogP contribution < -0.4 is 5.32 Å². The van der Waals surface area contributed by atoms with Crippen molar-refractivity contribution in [2.75, 3.05) is 11.9 Å². The van der Waals surface area contributed by atoms with Crippen molar-refractivity contribution < 1.29 is 4.79 Å². The highest BCUT2D eigenvalue weighted by Gasteiger charge is 2.24. The van der Waals surface area contributed by atoms with Crippen LogP contribution in [0.3, 0.4) is 0 Å². The molecule has 1 amide bonds. The van der Waals surface area contributed by atoms with Gasteiger partial charge >= 0.3 is 0 Å². The van der Waals surface area contributed by atoms with Crippen molar-refractivity contribution in [1.29, 1.82) is 0 Å². The molecule has 0 saturated heterocycles. The average Bonchev–Trinajstić information content (AvgIpc) is 3.26. The van der Waals surface area contributed by atoms with Gasteiger partial charge in [0.1, 0.15) is 11.5 Å². The fraction of sp³-hybridized carbons (Fsp3) is 0.381. The summed E-state index contributed by atoms with van der Waals surface area (Å²) < 4.78 is 1.93. The van der Waals surface area contributed by atoms with E-state index < -0.39 is 0 Å². The van der Waals surface area contributed by atoms with E-state index in [1.807, 2.05) is 40.0 Å². The summed E-state index contributed by atoms with van der Waals surface area (Å²) in [6, 6.07) is 7.83. The number of hydrogen-bond donors (Lipinski definition) is 1. The van der Waals surface area contributed by atoms with E-state index in [9.17, 15) is 4.79 Å². The molecule has 0 aliphatic carbocycles. The van der Waals surface area contributed by atoms with Gasteiger partial charge < -0.3 is 10.2 Å². The van der Waals surface area contributed by atoms with E-state index in [1.165, 1.54) is 0 Å². The largest absolute Gasteiger partial charge is 0.367 e. The predicted octanol–water partition coefficient (Wildman–Crippen LogP) is 2.53. The first-order valence-electron chi connectivity index (χ1n) is 9.91. The van der Waals surface area contributed by atoms with Crippen LogP contribution in [0.15, 0.2) is 42.9 Å². The highest BCUT2D eigenvalue weighted by molar-refractivity contribution is 5.74. The molecule has 0 spiro atoms. The van der Waals surface area contributed by atoms with Gasteiger partial charge in [0, 0.05) is 50.2 Å². The maximum atomic E-state index is 11.9. The van der Waals surface area contributed by atoms with Crippen LogP contribution in [-0.4, -0.2) is 48.1 Å². The Morgan fingerprint density at radius 1 is 1.24 bits per heavy atom. The van der Waals surface area contributed by atoms with Gasteiger partial charge in [-0.05, 0) is 38.0 Å². The number of aromatic nitrogens is 5. The summed E-state index contributed by atoms with van der Waals surface area (Å²) in [5, 5.41) is 7.82. The van der Waals surface area contributed by atoms with Gasteiger partial charge in [0.15, 0.2) is 5.82 Å². The number of hydrogen-bond acceptors (Lipinski definition) is 6. The highest BCUT2D eigenvalue weighted by atomic mass is 16.2. The molecule has 4 rings (SSSR count). The van der Waals surface area contributed by atoms with Crippen LogP contribution in [0.2, 0.25) is 0 Å². The first-order valence-corrected chi connectivity index (χ1v) is 9.91. The number of carbonyl (C=O) groups is 1. The lowest BCUT2D eigenvalue weighted by atomic mass is 10.0. The molecule has 3 aromatic heterocycles. The Hall–Kier alpha value is -3.29. The number of pyridine rings is 1. The van der Waals surface area contributed by atoms with Crippen LogP contribution in [-0.2, 0) is 24.3 Å². The van der Waals surface area contributed by atoms with Crippen molar-refractivity contribution in [3.05, 3.63) is 54.1 Å². The highest BCUT2D eigenvalue weighted by Crippen LogP contribution is 2.27. The topological polar surface area (TPSA) is 88.8 Å². The Kier molecular flexibility index (Phi) is 5.50. The number of rotatable bonds is 6. The summed E-state index contributed by atoms with van der Waals surface area (Å²) in [6.07, 6.45) is 7.15. The molecule has 0 fully saturated rings. The minimum absolute atomic E-state index is 0.0655.